The maximum absolute atomic E-state index is 7.24. The highest BCUT2D eigenvalue weighted by Crippen LogP contribution is 2.56. The maximum Gasteiger partial charge on any atom is 0.228 e. The van der Waals surface area contributed by atoms with Crippen LogP contribution in [0.5, 0.6) is 5.75 Å². The monoisotopic (exact) mass is 474 g/mol. The van der Waals surface area contributed by atoms with E-state index in [0.29, 0.717) is 0 Å². The van der Waals surface area contributed by atoms with Crippen molar-refractivity contribution in [3.05, 3.63) is 90.0 Å². The number of hydrogen-bond acceptors (Lipinski definition) is 3. The van der Waals surface area contributed by atoms with Crippen LogP contribution in [-0.4, -0.2) is 18.5 Å². The van der Waals surface area contributed by atoms with E-state index in [1.807, 2.05) is 0 Å². The molecule has 0 fully saturated rings. The van der Waals surface area contributed by atoms with Crippen molar-refractivity contribution >= 4 is 28.4 Å². The largest absolute Gasteiger partial charge is 0.459 e. The Kier molecular flexibility index (Phi) is 4.89. The van der Waals surface area contributed by atoms with Gasteiger partial charge in [-0.05, 0) is 60.4 Å². The van der Waals surface area contributed by atoms with Gasteiger partial charge < -0.3 is 9.64 Å². The van der Waals surface area contributed by atoms with Gasteiger partial charge in [0.1, 0.15) is 5.69 Å². The standard InChI is InChI=1S/C33H34N2O/c1-22-15-17-23(18-16-22)26-19-28-30(25-12-8-7-11-24(25)26)36-33(20-34-28)32(5,6)27-13-9-10-14-29(27)35(33)21-31(2,3)4/h7-20H,21H2,1-6H3. The van der Waals surface area contributed by atoms with Crippen LogP contribution in [0, 0.1) is 12.3 Å². The zero-order valence-corrected chi connectivity index (χ0v) is 22.1. The lowest BCUT2D eigenvalue weighted by atomic mass is 9.77. The number of ether oxygens (including phenoxy) is 1. The molecular weight excluding hydrogens is 440 g/mol. The van der Waals surface area contributed by atoms with Gasteiger partial charge in [-0.15, -0.1) is 0 Å². The van der Waals surface area contributed by atoms with Crippen molar-refractivity contribution in [2.24, 2.45) is 10.4 Å². The molecule has 1 atom stereocenters. The third-order valence-corrected chi connectivity index (χ3v) is 7.77. The molecule has 0 aliphatic carbocycles. The summed E-state index contributed by atoms with van der Waals surface area (Å²) in [5.74, 6) is 0.865. The molecule has 3 heteroatoms. The summed E-state index contributed by atoms with van der Waals surface area (Å²) >= 11 is 0. The van der Waals surface area contributed by atoms with Gasteiger partial charge in [-0.1, -0.05) is 93.1 Å². The number of rotatable bonds is 2. The Bertz CT molecular complexity index is 1510. The van der Waals surface area contributed by atoms with E-state index in [1.165, 1.54) is 33.3 Å². The molecule has 0 aromatic heterocycles. The minimum absolute atomic E-state index is 0.0787. The molecule has 4 aromatic carbocycles. The summed E-state index contributed by atoms with van der Waals surface area (Å²) in [6, 6.07) is 28.2. The first-order valence-corrected chi connectivity index (χ1v) is 12.8. The third kappa shape index (κ3) is 3.29. The Morgan fingerprint density at radius 1 is 0.861 bits per heavy atom. The van der Waals surface area contributed by atoms with Crippen LogP contribution in [-0.2, 0) is 5.41 Å². The molecule has 0 bridgehead atoms. The quantitative estimate of drug-likeness (QED) is 0.291. The lowest BCUT2D eigenvalue weighted by molar-refractivity contribution is 0.0731. The summed E-state index contributed by atoms with van der Waals surface area (Å²) in [4.78, 5) is 7.59. The summed E-state index contributed by atoms with van der Waals surface area (Å²) in [6.45, 7) is 14.4. The molecule has 4 aromatic rings. The Labute approximate surface area is 214 Å². The highest BCUT2D eigenvalue weighted by Gasteiger charge is 2.60. The average Bonchev–Trinajstić information content (AvgIpc) is 3.02. The molecule has 6 rings (SSSR count). The predicted octanol–water partition coefficient (Wildman–Crippen LogP) is 8.45. The van der Waals surface area contributed by atoms with Crippen molar-refractivity contribution in [2.45, 2.75) is 52.7 Å². The van der Waals surface area contributed by atoms with Gasteiger partial charge in [0.15, 0.2) is 5.75 Å². The first-order valence-electron chi connectivity index (χ1n) is 12.8. The molecule has 0 saturated heterocycles. The smallest absolute Gasteiger partial charge is 0.228 e. The Hall–Kier alpha value is -3.59. The van der Waals surface area contributed by atoms with Gasteiger partial charge in [0, 0.05) is 17.6 Å². The fraction of sp³-hybridized carbons (Fsp3) is 0.303. The van der Waals surface area contributed by atoms with E-state index in [1.54, 1.807) is 0 Å². The maximum atomic E-state index is 7.24. The van der Waals surface area contributed by atoms with Gasteiger partial charge in [0.25, 0.3) is 0 Å². The van der Waals surface area contributed by atoms with Gasteiger partial charge in [0.2, 0.25) is 5.72 Å². The average molecular weight is 475 g/mol. The first-order chi connectivity index (χ1) is 17.1. The van der Waals surface area contributed by atoms with Crippen molar-refractivity contribution < 1.29 is 4.74 Å². The number of aliphatic imine (C=N–C) groups is 1. The van der Waals surface area contributed by atoms with E-state index < -0.39 is 5.72 Å². The van der Waals surface area contributed by atoms with E-state index in [9.17, 15) is 0 Å². The molecule has 3 nitrogen and oxygen atoms in total. The Morgan fingerprint density at radius 2 is 1.53 bits per heavy atom. The SMILES string of the molecule is Cc1ccc(-c2cc3c(c4ccccc24)OC2(C=N3)N(CC(C)(C)C)c3ccccc3C2(C)C)cc1. The van der Waals surface area contributed by atoms with E-state index in [4.69, 9.17) is 9.73 Å². The topological polar surface area (TPSA) is 24.8 Å². The minimum Gasteiger partial charge on any atom is -0.459 e. The summed E-state index contributed by atoms with van der Waals surface area (Å²) < 4.78 is 7.24. The van der Waals surface area contributed by atoms with Gasteiger partial charge in [-0.25, -0.2) is 0 Å². The zero-order valence-electron chi connectivity index (χ0n) is 22.1. The number of nitrogens with zero attached hydrogens (tertiary/aromatic N) is 2. The second-order valence-electron chi connectivity index (χ2n) is 12.0. The van der Waals surface area contributed by atoms with Crippen molar-refractivity contribution in [3.63, 3.8) is 0 Å². The van der Waals surface area contributed by atoms with Crippen LogP contribution in [0.3, 0.4) is 0 Å². The Balaban J connectivity index is 1.57. The molecule has 1 spiro atoms. The van der Waals surface area contributed by atoms with Gasteiger partial charge in [-0.3, -0.25) is 4.99 Å². The number of hydrogen-bond donors (Lipinski definition) is 0. The van der Waals surface area contributed by atoms with E-state index in [0.717, 1.165) is 23.4 Å². The third-order valence-electron chi connectivity index (χ3n) is 7.77. The summed E-state index contributed by atoms with van der Waals surface area (Å²) in [5, 5.41) is 2.28. The highest BCUT2D eigenvalue weighted by molar-refractivity contribution is 6.05. The predicted molar refractivity (Wildman–Crippen MR) is 152 cm³/mol. The lowest BCUT2D eigenvalue weighted by Crippen LogP contribution is -2.63. The molecule has 1 unspecified atom stereocenters. The van der Waals surface area contributed by atoms with E-state index >= 15 is 0 Å². The first kappa shape index (κ1) is 22.8. The fourth-order valence-corrected chi connectivity index (χ4v) is 5.89. The van der Waals surface area contributed by atoms with Crippen LogP contribution in [0.4, 0.5) is 11.4 Å². The molecule has 182 valence electrons. The fourth-order valence-electron chi connectivity index (χ4n) is 5.89. The number of aryl methyl sites for hydroxylation is 1. The normalized spacial score (nSPS) is 19.9. The summed E-state index contributed by atoms with van der Waals surface area (Å²) in [7, 11) is 0. The van der Waals surface area contributed by atoms with E-state index in [-0.39, 0.29) is 10.8 Å². The van der Waals surface area contributed by atoms with Crippen LogP contribution in [0.2, 0.25) is 0 Å². The molecule has 0 radical (unpaired) electrons. The molecule has 36 heavy (non-hydrogen) atoms. The van der Waals surface area contributed by atoms with Crippen LogP contribution in [0.25, 0.3) is 21.9 Å². The van der Waals surface area contributed by atoms with E-state index in [2.05, 4.69) is 132 Å². The lowest BCUT2D eigenvalue weighted by Gasteiger charge is -2.48. The van der Waals surface area contributed by atoms with Gasteiger partial charge in [-0.2, -0.15) is 0 Å². The highest BCUT2D eigenvalue weighted by atomic mass is 16.5. The molecular formula is C33H34N2O. The molecule has 2 aliphatic heterocycles. The van der Waals surface area contributed by atoms with Crippen molar-refractivity contribution in [1.82, 2.24) is 0 Å². The van der Waals surface area contributed by atoms with Crippen LogP contribution in [0.15, 0.2) is 83.9 Å². The zero-order chi connectivity index (χ0) is 25.3. The number of benzene rings is 4. The summed E-state index contributed by atoms with van der Waals surface area (Å²) in [6.07, 6.45) is 2.06. The van der Waals surface area contributed by atoms with Crippen molar-refractivity contribution in [3.8, 4) is 16.9 Å². The molecule has 2 aliphatic rings. The number of para-hydroxylation sites is 1. The molecule has 2 heterocycles. The van der Waals surface area contributed by atoms with Crippen molar-refractivity contribution in [2.75, 3.05) is 11.4 Å². The van der Waals surface area contributed by atoms with Crippen LogP contribution >= 0.6 is 0 Å². The van der Waals surface area contributed by atoms with Gasteiger partial charge in [0.05, 0.1) is 11.6 Å². The Morgan fingerprint density at radius 3 is 2.25 bits per heavy atom. The second-order valence-corrected chi connectivity index (χ2v) is 12.0. The van der Waals surface area contributed by atoms with Gasteiger partial charge >= 0.3 is 0 Å². The molecule has 0 saturated carbocycles. The minimum atomic E-state index is -0.717. The second kappa shape index (κ2) is 7.70. The molecule has 0 amide bonds. The molecule has 0 N–H and O–H groups in total. The van der Waals surface area contributed by atoms with Crippen LogP contribution < -0.4 is 9.64 Å². The van der Waals surface area contributed by atoms with Crippen LogP contribution in [0.1, 0.15) is 45.7 Å². The number of fused-ring (bicyclic) bond motifs is 4. The summed E-state index contributed by atoms with van der Waals surface area (Å²) in [5.41, 5.74) is 6.11. The number of anilines is 1. The van der Waals surface area contributed by atoms with Crippen molar-refractivity contribution in [1.29, 1.82) is 0 Å².